The minimum absolute atomic E-state index is 0.352. The predicted molar refractivity (Wildman–Crippen MR) is 80.3 cm³/mol. The van der Waals surface area contributed by atoms with Crippen LogP contribution >= 0.6 is 11.6 Å². The third-order valence-corrected chi connectivity index (χ3v) is 3.63. The van der Waals surface area contributed by atoms with Gasteiger partial charge in [0.1, 0.15) is 11.5 Å². The first-order valence-corrected chi connectivity index (χ1v) is 6.75. The molecule has 1 aromatic carbocycles. The van der Waals surface area contributed by atoms with Gasteiger partial charge in [0.25, 0.3) is 0 Å². The Hall–Kier alpha value is -2.27. The van der Waals surface area contributed by atoms with Crippen molar-refractivity contribution >= 4 is 28.8 Å². The first kappa shape index (κ1) is 13.7. The second kappa shape index (κ2) is 5.26. The van der Waals surface area contributed by atoms with Crippen LogP contribution < -0.4 is 0 Å². The van der Waals surface area contributed by atoms with Crippen LogP contribution in [0.2, 0.25) is 5.02 Å². The molecule has 3 rings (SSSR count). The number of halogens is 2. The van der Waals surface area contributed by atoms with Gasteiger partial charge in [-0.15, -0.1) is 10.2 Å². The van der Waals surface area contributed by atoms with E-state index in [1.807, 2.05) is 26.0 Å². The van der Waals surface area contributed by atoms with E-state index in [4.69, 9.17) is 11.6 Å². The van der Waals surface area contributed by atoms with Gasteiger partial charge in [0.2, 0.25) is 0 Å². The highest BCUT2D eigenvalue weighted by Crippen LogP contribution is 2.28. The molecule has 0 aliphatic rings. The predicted octanol–water partition coefficient (Wildman–Crippen LogP) is 5.16. The summed E-state index contributed by atoms with van der Waals surface area (Å²) in [7, 11) is 0. The van der Waals surface area contributed by atoms with Crippen LogP contribution in [-0.2, 0) is 0 Å². The van der Waals surface area contributed by atoms with Crippen molar-refractivity contribution in [3.8, 4) is 0 Å². The number of fused-ring (bicyclic) bond motifs is 1. The monoisotopic (exact) mass is 302 g/mol. The molecule has 0 atom stereocenters. The Balaban J connectivity index is 2.09. The molecule has 2 heterocycles. The van der Waals surface area contributed by atoms with E-state index in [1.54, 1.807) is 16.5 Å². The summed E-state index contributed by atoms with van der Waals surface area (Å²) in [6.07, 6.45) is 1.34. The maximum Gasteiger partial charge on any atom is 0.182 e. The highest BCUT2D eigenvalue weighted by Gasteiger charge is 2.09. The van der Waals surface area contributed by atoms with E-state index in [2.05, 4.69) is 15.2 Å². The number of hydrogen-bond acceptors (Lipinski definition) is 3. The van der Waals surface area contributed by atoms with E-state index in [0.717, 1.165) is 5.56 Å². The van der Waals surface area contributed by atoms with Crippen LogP contribution in [0.3, 0.4) is 0 Å². The molecule has 21 heavy (non-hydrogen) atoms. The quantitative estimate of drug-likeness (QED) is 0.603. The standard InChI is InChI=1S/C15H12ClFN4/c1-9-12(16)4-3-5-13(9)19-20-15-10(2)18-14-7-6-11(17)8-21(14)15/h3-8H,1-2H3. The molecule has 0 saturated carbocycles. The van der Waals surface area contributed by atoms with Crippen molar-refractivity contribution in [2.75, 3.05) is 0 Å². The number of aryl methyl sites for hydroxylation is 1. The molecule has 0 bridgehead atoms. The van der Waals surface area contributed by atoms with Crippen LogP contribution in [-0.4, -0.2) is 9.38 Å². The Morgan fingerprint density at radius 2 is 1.95 bits per heavy atom. The Labute approximate surface area is 125 Å². The summed E-state index contributed by atoms with van der Waals surface area (Å²) in [4.78, 5) is 4.32. The zero-order valence-corrected chi connectivity index (χ0v) is 12.3. The number of aromatic nitrogens is 2. The van der Waals surface area contributed by atoms with Crippen molar-refractivity contribution in [3.05, 3.63) is 58.6 Å². The topological polar surface area (TPSA) is 42.0 Å². The lowest BCUT2D eigenvalue weighted by atomic mass is 10.2. The molecule has 6 heteroatoms. The van der Waals surface area contributed by atoms with Gasteiger partial charge < -0.3 is 0 Å². The van der Waals surface area contributed by atoms with Crippen LogP contribution in [0.4, 0.5) is 15.9 Å². The summed E-state index contributed by atoms with van der Waals surface area (Å²) in [6, 6.07) is 8.40. The molecule has 0 aliphatic heterocycles. The Morgan fingerprint density at radius 1 is 1.14 bits per heavy atom. The second-order valence-electron chi connectivity index (χ2n) is 4.68. The molecular formula is C15H12ClFN4. The fourth-order valence-electron chi connectivity index (χ4n) is 2.05. The molecule has 2 aromatic heterocycles. The number of azo groups is 1. The molecule has 106 valence electrons. The second-order valence-corrected chi connectivity index (χ2v) is 5.09. The summed E-state index contributed by atoms with van der Waals surface area (Å²) >= 11 is 6.05. The highest BCUT2D eigenvalue weighted by atomic mass is 35.5. The van der Waals surface area contributed by atoms with Gasteiger partial charge in [-0.2, -0.15) is 0 Å². The normalized spacial score (nSPS) is 11.6. The summed E-state index contributed by atoms with van der Waals surface area (Å²) in [6.45, 7) is 3.68. The van der Waals surface area contributed by atoms with Crippen LogP contribution in [0.25, 0.3) is 5.65 Å². The zero-order chi connectivity index (χ0) is 15.0. The van der Waals surface area contributed by atoms with Crippen molar-refractivity contribution in [3.63, 3.8) is 0 Å². The molecule has 4 nitrogen and oxygen atoms in total. The smallest absolute Gasteiger partial charge is 0.182 e. The third kappa shape index (κ3) is 2.52. The third-order valence-electron chi connectivity index (χ3n) is 3.22. The number of rotatable bonds is 2. The number of benzene rings is 1. The number of hydrogen-bond donors (Lipinski definition) is 0. The van der Waals surface area contributed by atoms with E-state index in [-0.39, 0.29) is 5.82 Å². The summed E-state index contributed by atoms with van der Waals surface area (Å²) in [5, 5.41) is 9.05. The van der Waals surface area contributed by atoms with Crippen LogP contribution in [0.5, 0.6) is 0 Å². The van der Waals surface area contributed by atoms with Crippen LogP contribution in [0.15, 0.2) is 46.8 Å². The molecular weight excluding hydrogens is 291 g/mol. The number of pyridine rings is 1. The molecule has 0 radical (unpaired) electrons. The van der Waals surface area contributed by atoms with Gasteiger partial charge in [-0.3, -0.25) is 4.40 Å². The molecule has 0 amide bonds. The van der Waals surface area contributed by atoms with Gasteiger partial charge in [-0.25, -0.2) is 9.37 Å². The van der Waals surface area contributed by atoms with Gasteiger partial charge >= 0.3 is 0 Å². The van der Waals surface area contributed by atoms with Gasteiger partial charge in [-0.1, -0.05) is 17.7 Å². The molecule has 0 saturated heterocycles. The molecule has 0 spiro atoms. The first-order chi connectivity index (χ1) is 10.1. The van der Waals surface area contributed by atoms with Gasteiger partial charge in [-0.05, 0) is 43.7 Å². The van der Waals surface area contributed by atoms with Crippen molar-refractivity contribution in [1.29, 1.82) is 0 Å². The largest absolute Gasteiger partial charge is 0.280 e. The average molecular weight is 303 g/mol. The number of nitrogens with zero attached hydrogens (tertiary/aromatic N) is 4. The summed E-state index contributed by atoms with van der Waals surface area (Å²) < 4.78 is 14.9. The van der Waals surface area contributed by atoms with E-state index >= 15 is 0 Å². The summed E-state index contributed by atoms with van der Waals surface area (Å²) in [5.74, 6) is 0.152. The zero-order valence-electron chi connectivity index (χ0n) is 11.5. The minimum atomic E-state index is -0.352. The van der Waals surface area contributed by atoms with Gasteiger partial charge in [0, 0.05) is 11.2 Å². The van der Waals surface area contributed by atoms with Crippen molar-refractivity contribution in [1.82, 2.24) is 9.38 Å². The van der Waals surface area contributed by atoms with Crippen molar-refractivity contribution in [2.24, 2.45) is 10.2 Å². The fraction of sp³-hybridized carbons (Fsp3) is 0.133. The lowest BCUT2D eigenvalue weighted by molar-refractivity contribution is 0.619. The van der Waals surface area contributed by atoms with Gasteiger partial charge in [0.05, 0.1) is 11.4 Å². The fourth-order valence-corrected chi connectivity index (χ4v) is 2.22. The molecule has 0 N–H and O–H groups in total. The average Bonchev–Trinajstić information content (AvgIpc) is 2.76. The Bertz CT molecular complexity index is 854. The maximum absolute atomic E-state index is 13.4. The lowest BCUT2D eigenvalue weighted by Crippen LogP contribution is -1.85. The lowest BCUT2D eigenvalue weighted by Gasteiger charge is -2.01. The van der Waals surface area contributed by atoms with Crippen molar-refractivity contribution < 1.29 is 4.39 Å². The molecule has 3 aromatic rings. The first-order valence-electron chi connectivity index (χ1n) is 6.37. The molecule has 0 aliphatic carbocycles. The van der Waals surface area contributed by atoms with E-state index < -0.39 is 0 Å². The maximum atomic E-state index is 13.4. The SMILES string of the molecule is Cc1nc2ccc(F)cn2c1N=Nc1cccc(Cl)c1C. The van der Waals surface area contributed by atoms with E-state index in [9.17, 15) is 4.39 Å². The minimum Gasteiger partial charge on any atom is -0.280 e. The van der Waals surface area contributed by atoms with Crippen LogP contribution in [0.1, 0.15) is 11.3 Å². The Morgan fingerprint density at radius 3 is 2.76 bits per heavy atom. The van der Waals surface area contributed by atoms with Crippen molar-refractivity contribution in [2.45, 2.75) is 13.8 Å². The molecule has 0 unspecified atom stereocenters. The van der Waals surface area contributed by atoms with Crippen LogP contribution in [0, 0.1) is 19.7 Å². The highest BCUT2D eigenvalue weighted by molar-refractivity contribution is 6.31. The molecule has 0 fully saturated rings. The van der Waals surface area contributed by atoms with Gasteiger partial charge in [0.15, 0.2) is 5.82 Å². The Kier molecular flexibility index (Phi) is 3.43. The number of imidazole rings is 1. The summed E-state index contributed by atoms with van der Waals surface area (Å²) in [5.41, 5.74) is 2.84. The van der Waals surface area contributed by atoms with E-state index in [0.29, 0.717) is 27.9 Å². The van der Waals surface area contributed by atoms with E-state index in [1.165, 1.54) is 12.3 Å².